The third kappa shape index (κ3) is 2.99. The fourth-order valence-electron chi connectivity index (χ4n) is 2.13. The molecule has 2 heterocycles. The molecule has 0 fully saturated rings. The fraction of sp³-hybridized carbons (Fsp3) is 0.333. The van der Waals surface area contributed by atoms with Gasteiger partial charge in [0.05, 0.1) is 6.20 Å². The summed E-state index contributed by atoms with van der Waals surface area (Å²) in [7, 11) is 0. The van der Waals surface area contributed by atoms with E-state index < -0.39 is 0 Å². The van der Waals surface area contributed by atoms with Crippen molar-refractivity contribution in [1.82, 2.24) is 10.2 Å². The van der Waals surface area contributed by atoms with Gasteiger partial charge in [-0.3, -0.25) is 0 Å². The monoisotopic (exact) mass is 271 g/mol. The predicted molar refractivity (Wildman–Crippen MR) is 76.4 cm³/mol. The fourth-order valence-corrected chi connectivity index (χ4v) is 2.13. The van der Waals surface area contributed by atoms with Crippen molar-refractivity contribution in [2.45, 2.75) is 13.3 Å². The first-order valence-electron chi connectivity index (χ1n) is 6.73. The number of benzene rings is 1. The second kappa shape index (κ2) is 5.77. The van der Waals surface area contributed by atoms with Gasteiger partial charge >= 0.3 is 0 Å². The highest BCUT2D eigenvalue weighted by atomic mass is 16.6. The summed E-state index contributed by atoms with van der Waals surface area (Å²) in [5.74, 6) is 2.48. The Kier molecular flexibility index (Phi) is 3.67. The molecular formula is C15H17N3O2. The summed E-state index contributed by atoms with van der Waals surface area (Å²) in [5, 5.41) is 11.2. The summed E-state index contributed by atoms with van der Waals surface area (Å²) in [5.41, 5.74) is 2.31. The van der Waals surface area contributed by atoms with E-state index in [1.807, 2.05) is 25.1 Å². The molecule has 1 aromatic carbocycles. The van der Waals surface area contributed by atoms with Gasteiger partial charge in [0.2, 0.25) is 0 Å². The van der Waals surface area contributed by atoms with Gasteiger partial charge in [-0.15, -0.1) is 5.10 Å². The first-order valence-corrected chi connectivity index (χ1v) is 6.73. The molecule has 0 bridgehead atoms. The van der Waals surface area contributed by atoms with E-state index in [0.29, 0.717) is 13.2 Å². The largest absolute Gasteiger partial charge is 0.486 e. The number of anilines is 1. The van der Waals surface area contributed by atoms with Crippen LogP contribution >= 0.6 is 0 Å². The number of fused-ring (bicyclic) bond motifs is 1. The van der Waals surface area contributed by atoms with Gasteiger partial charge in [-0.25, -0.2) is 0 Å². The highest BCUT2D eigenvalue weighted by Crippen LogP contribution is 2.30. The lowest BCUT2D eigenvalue weighted by Gasteiger charge is -2.18. The van der Waals surface area contributed by atoms with Gasteiger partial charge < -0.3 is 14.8 Å². The predicted octanol–water partition coefficient (Wildman–Crippen LogP) is 2.21. The number of rotatable bonds is 4. The summed E-state index contributed by atoms with van der Waals surface area (Å²) in [6.45, 7) is 4.05. The Labute approximate surface area is 117 Å². The molecule has 0 unspecified atom stereocenters. The van der Waals surface area contributed by atoms with Crippen LogP contribution in [0.2, 0.25) is 0 Å². The van der Waals surface area contributed by atoms with Gasteiger partial charge in [-0.1, -0.05) is 6.07 Å². The second-order valence-electron chi connectivity index (χ2n) is 4.77. The third-order valence-electron chi connectivity index (χ3n) is 3.12. The zero-order valence-corrected chi connectivity index (χ0v) is 11.4. The van der Waals surface area contributed by atoms with Gasteiger partial charge in [-0.05, 0) is 42.7 Å². The van der Waals surface area contributed by atoms with Crippen LogP contribution in [0.5, 0.6) is 11.5 Å². The second-order valence-corrected chi connectivity index (χ2v) is 4.77. The van der Waals surface area contributed by atoms with E-state index >= 15 is 0 Å². The number of ether oxygens (including phenoxy) is 2. The van der Waals surface area contributed by atoms with E-state index in [2.05, 4.69) is 21.6 Å². The van der Waals surface area contributed by atoms with Gasteiger partial charge in [0.1, 0.15) is 19.0 Å². The standard InChI is InChI=1S/C15H17N3O2/c1-11-8-15(18-17-10-11)16-5-4-12-2-3-13-14(9-12)20-7-6-19-13/h2-3,8-10H,4-7H2,1H3,(H,16,18). The Morgan fingerprint density at radius 3 is 2.85 bits per heavy atom. The maximum Gasteiger partial charge on any atom is 0.161 e. The van der Waals surface area contributed by atoms with Crippen LogP contribution in [0.4, 0.5) is 5.82 Å². The number of nitrogens with one attached hydrogen (secondary N) is 1. The minimum absolute atomic E-state index is 0.619. The van der Waals surface area contributed by atoms with Crippen LogP contribution in [0.15, 0.2) is 30.5 Å². The van der Waals surface area contributed by atoms with Crippen molar-refractivity contribution >= 4 is 5.82 Å². The lowest BCUT2D eigenvalue weighted by atomic mass is 10.1. The van der Waals surface area contributed by atoms with Crippen molar-refractivity contribution in [2.75, 3.05) is 25.1 Å². The molecule has 0 spiro atoms. The maximum absolute atomic E-state index is 5.58. The molecule has 0 amide bonds. The maximum atomic E-state index is 5.58. The number of hydrogen-bond acceptors (Lipinski definition) is 5. The van der Waals surface area contributed by atoms with E-state index in [4.69, 9.17) is 9.47 Å². The van der Waals surface area contributed by atoms with Crippen LogP contribution in [-0.4, -0.2) is 30.0 Å². The molecule has 3 rings (SSSR count). The van der Waals surface area contributed by atoms with Crippen molar-refractivity contribution in [2.24, 2.45) is 0 Å². The molecule has 2 aromatic rings. The SMILES string of the molecule is Cc1cnnc(NCCc2ccc3c(c2)OCCO3)c1. The number of aryl methyl sites for hydroxylation is 1. The quantitative estimate of drug-likeness (QED) is 0.924. The van der Waals surface area contributed by atoms with Crippen LogP contribution in [0.25, 0.3) is 0 Å². The minimum atomic E-state index is 0.619. The molecular weight excluding hydrogens is 254 g/mol. The summed E-state index contributed by atoms with van der Waals surface area (Å²) in [6, 6.07) is 8.06. The van der Waals surface area contributed by atoms with Crippen LogP contribution in [0.3, 0.4) is 0 Å². The Bertz CT molecular complexity index is 601. The van der Waals surface area contributed by atoms with Gasteiger partial charge in [-0.2, -0.15) is 5.10 Å². The van der Waals surface area contributed by atoms with Crippen LogP contribution in [0.1, 0.15) is 11.1 Å². The molecule has 104 valence electrons. The Balaban J connectivity index is 1.58. The molecule has 5 nitrogen and oxygen atoms in total. The van der Waals surface area contributed by atoms with E-state index in [0.717, 1.165) is 35.8 Å². The first kappa shape index (κ1) is 12.7. The van der Waals surface area contributed by atoms with Gasteiger partial charge in [0.25, 0.3) is 0 Å². The molecule has 20 heavy (non-hydrogen) atoms. The molecule has 5 heteroatoms. The van der Waals surface area contributed by atoms with Crippen LogP contribution in [0, 0.1) is 6.92 Å². The van der Waals surface area contributed by atoms with E-state index in [1.54, 1.807) is 6.20 Å². The Morgan fingerprint density at radius 1 is 1.15 bits per heavy atom. The lowest BCUT2D eigenvalue weighted by molar-refractivity contribution is 0.171. The molecule has 0 atom stereocenters. The average molecular weight is 271 g/mol. The average Bonchev–Trinajstić information content (AvgIpc) is 2.47. The normalized spacial score (nSPS) is 13.1. The number of hydrogen-bond donors (Lipinski definition) is 1. The zero-order chi connectivity index (χ0) is 13.8. The van der Waals surface area contributed by atoms with E-state index in [9.17, 15) is 0 Å². The molecule has 1 N–H and O–H groups in total. The third-order valence-corrected chi connectivity index (χ3v) is 3.12. The minimum Gasteiger partial charge on any atom is -0.486 e. The molecule has 0 aliphatic carbocycles. The topological polar surface area (TPSA) is 56.3 Å². The first-order chi connectivity index (χ1) is 9.81. The molecule has 1 aliphatic heterocycles. The summed E-state index contributed by atoms with van der Waals surface area (Å²) in [4.78, 5) is 0. The highest BCUT2D eigenvalue weighted by Gasteiger charge is 2.11. The molecule has 1 aromatic heterocycles. The number of nitrogens with zero attached hydrogens (tertiary/aromatic N) is 2. The lowest BCUT2D eigenvalue weighted by Crippen LogP contribution is -2.15. The molecule has 0 saturated heterocycles. The number of aromatic nitrogens is 2. The van der Waals surface area contributed by atoms with E-state index in [1.165, 1.54) is 5.56 Å². The summed E-state index contributed by atoms with van der Waals surface area (Å²) in [6.07, 6.45) is 2.64. The van der Waals surface area contributed by atoms with Gasteiger partial charge in [0.15, 0.2) is 11.5 Å². The van der Waals surface area contributed by atoms with Crippen molar-refractivity contribution in [3.8, 4) is 11.5 Å². The molecule has 0 saturated carbocycles. The summed E-state index contributed by atoms with van der Waals surface area (Å²) < 4.78 is 11.1. The molecule has 0 radical (unpaired) electrons. The molecule has 1 aliphatic rings. The van der Waals surface area contributed by atoms with Gasteiger partial charge in [0, 0.05) is 6.54 Å². The Morgan fingerprint density at radius 2 is 2.00 bits per heavy atom. The smallest absolute Gasteiger partial charge is 0.161 e. The zero-order valence-electron chi connectivity index (χ0n) is 11.4. The van der Waals surface area contributed by atoms with Crippen molar-refractivity contribution in [3.63, 3.8) is 0 Å². The van der Waals surface area contributed by atoms with Crippen molar-refractivity contribution < 1.29 is 9.47 Å². The van der Waals surface area contributed by atoms with Crippen LogP contribution in [-0.2, 0) is 6.42 Å². The summed E-state index contributed by atoms with van der Waals surface area (Å²) >= 11 is 0. The van der Waals surface area contributed by atoms with Crippen molar-refractivity contribution in [3.05, 3.63) is 41.6 Å². The Hall–Kier alpha value is -2.30. The van der Waals surface area contributed by atoms with Crippen molar-refractivity contribution in [1.29, 1.82) is 0 Å². The van der Waals surface area contributed by atoms with E-state index in [-0.39, 0.29) is 0 Å². The van der Waals surface area contributed by atoms with Crippen LogP contribution < -0.4 is 14.8 Å². The highest BCUT2D eigenvalue weighted by molar-refractivity contribution is 5.44.